The molecule has 2 saturated heterocycles. The van der Waals surface area contributed by atoms with Gasteiger partial charge in [-0.15, -0.1) is 0 Å². The topological polar surface area (TPSA) is 105 Å². The number of fused-ring (bicyclic) bond motifs is 1. The molecule has 174 valence electrons. The molecule has 2 aromatic rings. The number of phenolic OH excluding ortho intramolecular Hbond substituents is 1. The summed E-state index contributed by atoms with van der Waals surface area (Å²) in [6, 6.07) is 9.68. The molecule has 4 rings (SSSR count). The van der Waals surface area contributed by atoms with E-state index in [9.17, 15) is 28.3 Å². The van der Waals surface area contributed by atoms with Crippen LogP contribution in [0, 0.1) is 0 Å². The number of carbonyl (C=O) groups is 3. The summed E-state index contributed by atoms with van der Waals surface area (Å²) >= 11 is 0. The Hall–Kier alpha value is -3.53. The van der Waals surface area contributed by atoms with E-state index in [1.54, 1.807) is 12.1 Å². The second kappa shape index (κ2) is 9.53. The average Bonchev–Trinajstić information content (AvgIpc) is 3.36. The van der Waals surface area contributed by atoms with Crippen molar-refractivity contribution < 1.29 is 37.7 Å². The zero-order chi connectivity index (χ0) is 23.5. The number of alkyl halides is 2. The standard InChI is InChI=1S/C23H22F2N2O6/c24-23(25)33-16-6-4-14(5-7-16)21(30)26-17(11-13-2-1-3-15(28)10-13)22(31)27-9-8-19-20(27)18(29)12-32-19/h1-7,10,17,19-20,23,28H,8-9,11-12H2,(H,26,30). The van der Waals surface area contributed by atoms with Crippen LogP contribution in [0.15, 0.2) is 48.5 Å². The third-order valence-corrected chi connectivity index (χ3v) is 5.69. The fourth-order valence-corrected chi connectivity index (χ4v) is 4.19. The van der Waals surface area contributed by atoms with Crippen LogP contribution in [0.2, 0.25) is 0 Å². The molecule has 0 bridgehead atoms. The van der Waals surface area contributed by atoms with Gasteiger partial charge in [0.05, 0.1) is 6.10 Å². The molecule has 10 heteroatoms. The third kappa shape index (κ3) is 5.11. The summed E-state index contributed by atoms with van der Waals surface area (Å²) < 4.78 is 34.4. The molecule has 0 aliphatic carbocycles. The van der Waals surface area contributed by atoms with Gasteiger partial charge in [-0.3, -0.25) is 14.4 Å². The second-order valence-electron chi connectivity index (χ2n) is 7.88. The van der Waals surface area contributed by atoms with E-state index in [2.05, 4.69) is 10.1 Å². The first-order chi connectivity index (χ1) is 15.8. The van der Waals surface area contributed by atoms with Gasteiger partial charge >= 0.3 is 6.61 Å². The Bertz CT molecular complexity index is 1050. The molecule has 3 atom stereocenters. The Balaban J connectivity index is 1.54. The number of halogens is 2. The number of aromatic hydroxyl groups is 1. The lowest BCUT2D eigenvalue weighted by Crippen LogP contribution is -2.53. The van der Waals surface area contributed by atoms with E-state index in [4.69, 9.17) is 4.74 Å². The zero-order valence-electron chi connectivity index (χ0n) is 17.4. The van der Waals surface area contributed by atoms with Crippen molar-refractivity contribution in [1.29, 1.82) is 0 Å². The summed E-state index contributed by atoms with van der Waals surface area (Å²) in [5.74, 6) is -1.29. The quantitative estimate of drug-likeness (QED) is 0.654. The van der Waals surface area contributed by atoms with Crippen molar-refractivity contribution >= 4 is 17.6 Å². The lowest BCUT2D eigenvalue weighted by molar-refractivity contribution is -0.138. The molecule has 33 heavy (non-hydrogen) atoms. The van der Waals surface area contributed by atoms with Crippen molar-refractivity contribution in [3.63, 3.8) is 0 Å². The Morgan fingerprint density at radius 2 is 1.97 bits per heavy atom. The van der Waals surface area contributed by atoms with Gasteiger partial charge in [0.1, 0.15) is 30.2 Å². The van der Waals surface area contributed by atoms with Gasteiger partial charge in [-0.2, -0.15) is 8.78 Å². The van der Waals surface area contributed by atoms with Crippen LogP contribution in [0.1, 0.15) is 22.3 Å². The predicted molar refractivity (Wildman–Crippen MR) is 111 cm³/mol. The molecule has 0 spiro atoms. The number of hydrogen-bond donors (Lipinski definition) is 2. The van der Waals surface area contributed by atoms with Crippen LogP contribution in [-0.4, -0.2) is 65.6 Å². The number of nitrogens with one attached hydrogen (secondary N) is 1. The maximum Gasteiger partial charge on any atom is 0.387 e. The summed E-state index contributed by atoms with van der Waals surface area (Å²) in [5, 5.41) is 12.5. The highest BCUT2D eigenvalue weighted by atomic mass is 19.3. The van der Waals surface area contributed by atoms with Crippen LogP contribution >= 0.6 is 0 Å². The summed E-state index contributed by atoms with van der Waals surface area (Å²) in [4.78, 5) is 39.9. The number of hydrogen-bond acceptors (Lipinski definition) is 6. The molecule has 2 aliphatic heterocycles. The number of rotatable bonds is 7. The van der Waals surface area contributed by atoms with Gasteiger partial charge in [-0.25, -0.2) is 0 Å². The predicted octanol–water partition coefficient (Wildman–Crippen LogP) is 1.90. The first-order valence-electron chi connectivity index (χ1n) is 10.4. The van der Waals surface area contributed by atoms with Crippen LogP contribution < -0.4 is 10.1 Å². The van der Waals surface area contributed by atoms with Crippen LogP contribution in [0.3, 0.4) is 0 Å². The minimum Gasteiger partial charge on any atom is -0.508 e. The van der Waals surface area contributed by atoms with Crippen LogP contribution in [-0.2, 0) is 20.7 Å². The van der Waals surface area contributed by atoms with Crippen molar-refractivity contribution in [1.82, 2.24) is 10.2 Å². The molecule has 2 amide bonds. The third-order valence-electron chi connectivity index (χ3n) is 5.69. The molecular formula is C23H22F2N2O6. The van der Waals surface area contributed by atoms with Crippen LogP contribution in [0.5, 0.6) is 11.5 Å². The smallest absolute Gasteiger partial charge is 0.387 e. The molecule has 2 heterocycles. The first-order valence-corrected chi connectivity index (χ1v) is 10.4. The molecular weight excluding hydrogens is 438 g/mol. The van der Waals surface area contributed by atoms with Gasteiger partial charge in [-0.1, -0.05) is 12.1 Å². The number of phenols is 1. The van der Waals surface area contributed by atoms with Gasteiger partial charge in [0.25, 0.3) is 5.91 Å². The van der Waals surface area contributed by atoms with E-state index < -0.39 is 30.5 Å². The van der Waals surface area contributed by atoms with Gasteiger partial charge in [0, 0.05) is 18.5 Å². The summed E-state index contributed by atoms with van der Waals surface area (Å²) in [7, 11) is 0. The Labute approximate surface area is 188 Å². The maximum atomic E-state index is 13.4. The maximum absolute atomic E-state index is 13.4. The fraction of sp³-hybridized carbons (Fsp3) is 0.348. The molecule has 0 saturated carbocycles. The molecule has 8 nitrogen and oxygen atoms in total. The van der Waals surface area contributed by atoms with Gasteiger partial charge in [-0.05, 0) is 48.4 Å². The number of ketones is 1. The van der Waals surface area contributed by atoms with E-state index in [1.165, 1.54) is 41.3 Å². The number of amides is 2. The van der Waals surface area contributed by atoms with E-state index in [0.29, 0.717) is 18.5 Å². The van der Waals surface area contributed by atoms with Gasteiger partial charge in [0.2, 0.25) is 5.91 Å². The molecule has 3 unspecified atom stereocenters. The highest BCUT2D eigenvalue weighted by Gasteiger charge is 2.48. The van der Waals surface area contributed by atoms with E-state index in [-0.39, 0.29) is 42.0 Å². The lowest BCUT2D eigenvalue weighted by Gasteiger charge is -2.27. The van der Waals surface area contributed by atoms with Crippen molar-refractivity contribution in [2.24, 2.45) is 0 Å². The lowest BCUT2D eigenvalue weighted by atomic mass is 10.0. The number of nitrogens with zero attached hydrogens (tertiary/aromatic N) is 1. The number of Topliss-reactive ketones (excluding diaryl/α,β-unsaturated/α-hetero) is 1. The van der Waals surface area contributed by atoms with Crippen molar-refractivity contribution in [2.45, 2.75) is 37.6 Å². The van der Waals surface area contributed by atoms with Crippen molar-refractivity contribution in [3.8, 4) is 11.5 Å². The van der Waals surface area contributed by atoms with E-state index >= 15 is 0 Å². The summed E-state index contributed by atoms with van der Waals surface area (Å²) in [6.45, 7) is -2.71. The monoisotopic (exact) mass is 460 g/mol. The molecule has 2 fully saturated rings. The number of likely N-dealkylation sites (tertiary alicyclic amines) is 1. The minimum absolute atomic E-state index is 0.0141. The minimum atomic E-state index is -2.99. The van der Waals surface area contributed by atoms with Gasteiger partial charge < -0.3 is 24.8 Å². The van der Waals surface area contributed by atoms with E-state index in [0.717, 1.165) is 0 Å². The molecule has 0 aromatic heterocycles. The van der Waals surface area contributed by atoms with Crippen LogP contribution in [0.25, 0.3) is 0 Å². The summed E-state index contributed by atoms with van der Waals surface area (Å²) in [6.07, 6.45) is 0.260. The number of benzene rings is 2. The second-order valence-corrected chi connectivity index (χ2v) is 7.88. The Morgan fingerprint density at radius 1 is 1.21 bits per heavy atom. The molecule has 0 radical (unpaired) electrons. The molecule has 2 N–H and O–H groups in total. The Morgan fingerprint density at radius 3 is 2.67 bits per heavy atom. The van der Waals surface area contributed by atoms with E-state index in [1.807, 2.05) is 0 Å². The fourth-order valence-electron chi connectivity index (χ4n) is 4.19. The SMILES string of the molecule is O=C(NC(Cc1cccc(O)c1)C(=O)N1CCC2OCC(=O)C21)c1ccc(OC(F)F)cc1. The Kier molecular flexibility index (Phi) is 6.55. The summed E-state index contributed by atoms with van der Waals surface area (Å²) in [5.41, 5.74) is 0.754. The average molecular weight is 460 g/mol. The van der Waals surface area contributed by atoms with Gasteiger partial charge in [0.15, 0.2) is 5.78 Å². The largest absolute Gasteiger partial charge is 0.508 e. The van der Waals surface area contributed by atoms with Crippen molar-refractivity contribution in [3.05, 3.63) is 59.7 Å². The highest BCUT2D eigenvalue weighted by Crippen LogP contribution is 2.28. The zero-order valence-corrected chi connectivity index (χ0v) is 17.4. The molecule has 2 aromatic carbocycles. The molecule has 2 aliphatic rings. The van der Waals surface area contributed by atoms with Crippen molar-refractivity contribution in [2.75, 3.05) is 13.2 Å². The first kappa shape index (κ1) is 22.7. The number of ether oxygens (including phenoxy) is 2. The highest BCUT2D eigenvalue weighted by molar-refractivity contribution is 5.99. The number of carbonyl (C=O) groups excluding carboxylic acids is 3. The van der Waals surface area contributed by atoms with Crippen LogP contribution in [0.4, 0.5) is 8.78 Å². The normalized spacial score (nSPS) is 20.6.